The lowest BCUT2D eigenvalue weighted by atomic mass is 10.0. The SMILES string of the molecule is CN(C)C(=O)CN1CCC(NC2CCN3CCCC23)CC1. The number of carbonyl (C=O) groups is 1. The molecular formula is C16H30N4O. The van der Waals surface area contributed by atoms with Gasteiger partial charge in [-0.3, -0.25) is 14.6 Å². The fraction of sp³-hybridized carbons (Fsp3) is 0.938. The Bertz CT molecular complexity index is 365. The predicted octanol–water partition coefficient (Wildman–Crippen LogP) is 0.365. The summed E-state index contributed by atoms with van der Waals surface area (Å²) in [5.41, 5.74) is 0. The lowest BCUT2D eigenvalue weighted by Crippen LogP contribution is -2.50. The largest absolute Gasteiger partial charge is 0.348 e. The van der Waals surface area contributed by atoms with Gasteiger partial charge >= 0.3 is 0 Å². The molecule has 3 aliphatic rings. The lowest BCUT2D eigenvalue weighted by molar-refractivity contribution is -0.130. The van der Waals surface area contributed by atoms with E-state index in [0.29, 0.717) is 18.6 Å². The van der Waals surface area contributed by atoms with Crippen LogP contribution in [0.15, 0.2) is 0 Å². The summed E-state index contributed by atoms with van der Waals surface area (Å²) in [6, 6.07) is 2.17. The molecule has 0 aliphatic carbocycles. The smallest absolute Gasteiger partial charge is 0.236 e. The van der Waals surface area contributed by atoms with Crippen molar-refractivity contribution in [3.63, 3.8) is 0 Å². The molecule has 3 fully saturated rings. The van der Waals surface area contributed by atoms with E-state index in [9.17, 15) is 4.79 Å². The third-order valence-electron chi connectivity index (χ3n) is 5.50. The summed E-state index contributed by atoms with van der Waals surface area (Å²) in [7, 11) is 3.67. The number of likely N-dealkylation sites (N-methyl/N-ethyl adjacent to an activating group) is 1. The molecule has 0 aromatic heterocycles. The van der Waals surface area contributed by atoms with Crippen molar-refractivity contribution in [1.82, 2.24) is 20.0 Å². The first-order chi connectivity index (χ1) is 10.1. The van der Waals surface area contributed by atoms with Crippen molar-refractivity contribution in [2.45, 2.75) is 50.2 Å². The number of nitrogens with zero attached hydrogens (tertiary/aromatic N) is 3. The number of rotatable bonds is 4. The Morgan fingerprint density at radius 1 is 1.10 bits per heavy atom. The van der Waals surface area contributed by atoms with Crippen molar-refractivity contribution in [2.75, 3.05) is 46.8 Å². The normalized spacial score (nSPS) is 31.5. The number of piperidine rings is 1. The quantitative estimate of drug-likeness (QED) is 0.813. The molecule has 5 nitrogen and oxygen atoms in total. The van der Waals surface area contributed by atoms with E-state index in [1.54, 1.807) is 4.90 Å². The van der Waals surface area contributed by atoms with Crippen molar-refractivity contribution >= 4 is 5.91 Å². The van der Waals surface area contributed by atoms with Crippen molar-refractivity contribution in [3.8, 4) is 0 Å². The first-order valence-corrected chi connectivity index (χ1v) is 8.56. The summed E-state index contributed by atoms with van der Waals surface area (Å²) >= 11 is 0. The van der Waals surface area contributed by atoms with Gasteiger partial charge in [-0.1, -0.05) is 0 Å². The molecule has 3 saturated heterocycles. The average Bonchev–Trinajstić information content (AvgIpc) is 3.06. The van der Waals surface area contributed by atoms with E-state index in [1.165, 1.54) is 45.2 Å². The minimum atomic E-state index is 0.221. The minimum Gasteiger partial charge on any atom is -0.348 e. The number of amides is 1. The molecule has 1 N–H and O–H groups in total. The highest BCUT2D eigenvalue weighted by molar-refractivity contribution is 5.77. The molecule has 3 heterocycles. The van der Waals surface area contributed by atoms with Crippen molar-refractivity contribution in [3.05, 3.63) is 0 Å². The standard InChI is InChI=1S/C16H30N4O/c1-18(2)16(21)12-19-9-5-13(6-10-19)17-14-7-11-20-8-3-4-15(14)20/h13-15,17H,3-12H2,1-2H3. The van der Waals surface area contributed by atoms with Crippen LogP contribution in [0.1, 0.15) is 32.1 Å². The predicted molar refractivity (Wildman–Crippen MR) is 84.3 cm³/mol. The molecule has 1 amide bonds. The average molecular weight is 294 g/mol. The van der Waals surface area contributed by atoms with Gasteiger partial charge in [0.1, 0.15) is 0 Å². The molecule has 21 heavy (non-hydrogen) atoms. The molecule has 3 aliphatic heterocycles. The molecule has 3 rings (SSSR count). The highest BCUT2D eigenvalue weighted by atomic mass is 16.2. The second kappa shape index (κ2) is 6.63. The van der Waals surface area contributed by atoms with E-state index in [1.807, 2.05) is 14.1 Å². The van der Waals surface area contributed by atoms with E-state index in [0.717, 1.165) is 19.1 Å². The van der Waals surface area contributed by atoms with Gasteiger partial charge in [0.2, 0.25) is 5.91 Å². The van der Waals surface area contributed by atoms with Crippen LogP contribution in [-0.4, -0.2) is 85.6 Å². The molecule has 0 bridgehead atoms. The van der Waals surface area contributed by atoms with Gasteiger partial charge in [0.05, 0.1) is 6.54 Å². The summed E-state index contributed by atoms with van der Waals surface area (Å²) in [5, 5.41) is 3.92. The topological polar surface area (TPSA) is 38.8 Å². The van der Waals surface area contributed by atoms with Crippen LogP contribution in [0.5, 0.6) is 0 Å². The van der Waals surface area contributed by atoms with Crippen LogP contribution in [0.2, 0.25) is 0 Å². The molecule has 0 radical (unpaired) electrons. The van der Waals surface area contributed by atoms with E-state index in [4.69, 9.17) is 0 Å². The second-order valence-corrected chi connectivity index (χ2v) is 7.15. The first kappa shape index (κ1) is 15.3. The zero-order chi connectivity index (χ0) is 14.8. The third kappa shape index (κ3) is 3.58. The van der Waals surface area contributed by atoms with Crippen LogP contribution in [0.3, 0.4) is 0 Å². The Kier molecular flexibility index (Phi) is 4.82. The Hall–Kier alpha value is -0.650. The van der Waals surface area contributed by atoms with Crippen LogP contribution >= 0.6 is 0 Å². The zero-order valence-corrected chi connectivity index (χ0v) is 13.6. The van der Waals surface area contributed by atoms with Crippen LogP contribution < -0.4 is 5.32 Å². The van der Waals surface area contributed by atoms with Crippen molar-refractivity contribution < 1.29 is 4.79 Å². The maximum Gasteiger partial charge on any atom is 0.236 e. The van der Waals surface area contributed by atoms with Crippen LogP contribution in [-0.2, 0) is 4.79 Å². The molecule has 2 atom stereocenters. The maximum absolute atomic E-state index is 11.8. The zero-order valence-electron chi connectivity index (χ0n) is 13.6. The molecule has 0 aromatic carbocycles. The summed E-state index contributed by atoms with van der Waals surface area (Å²) in [6.45, 7) is 5.29. The molecule has 0 saturated carbocycles. The lowest BCUT2D eigenvalue weighted by Gasteiger charge is -2.35. The second-order valence-electron chi connectivity index (χ2n) is 7.15. The van der Waals surface area contributed by atoms with Crippen LogP contribution in [0.4, 0.5) is 0 Å². The molecule has 2 unspecified atom stereocenters. The highest BCUT2D eigenvalue weighted by Crippen LogP contribution is 2.28. The summed E-state index contributed by atoms with van der Waals surface area (Å²) in [5.74, 6) is 0.221. The number of nitrogens with one attached hydrogen (secondary N) is 1. The van der Waals surface area contributed by atoms with Gasteiger partial charge in [-0.15, -0.1) is 0 Å². The summed E-state index contributed by atoms with van der Waals surface area (Å²) < 4.78 is 0. The van der Waals surface area contributed by atoms with E-state index >= 15 is 0 Å². The number of hydrogen-bond donors (Lipinski definition) is 1. The summed E-state index contributed by atoms with van der Waals surface area (Å²) in [4.78, 5) is 18.4. The third-order valence-corrected chi connectivity index (χ3v) is 5.50. The highest BCUT2D eigenvalue weighted by Gasteiger charge is 2.38. The van der Waals surface area contributed by atoms with E-state index in [-0.39, 0.29) is 5.91 Å². The Morgan fingerprint density at radius 2 is 1.86 bits per heavy atom. The number of likely N-dealkylation sites (tertiary alicyclic amines) is 1. The van der Waals surface area contributed by atoms with Gasteiger partial charge in [-0.2, -0.15) is 0 Å². The number of carbonyl (C=O) groups excluding carboxylic acids is 1. The van der Waals surface area contributed by atoms with Gasteiger partial charge < -0.3 is 10.2 Å². The van der Waals surface area contributed by atoms with E-state index in [2.05, 4.69) is 15.1 Å². The van der Waals surface area contributed by atoms with Crippen LogP contribution in [0.25, 0.3) is 0 Å². The first-order valence-electron chi connectivity index (χ1n) is 8.56. The monoisotopic (exact) mass is 294 g/mol. The fourth-order valence-corrected chi connectivity index (χ4v) is 4.17. The number of hydrogen-bond acceptors (Lipinski definition) is 4. The van der Waals surface area contributed by atoms with Crippen molar-refractivity contribution in [2.24, 2.45) is 0 Å². The van der Waals surface area contributed by atoms with Gasteiger partial charge in [0.15, 0.2) is 0 Å². The van der Waals surface area contributed by atoms with Crippen molar-refractivity contribution in [1.29, 1.82) is 0 Å². The number of fused-ring (bicyclic) bond motifs is 1. The van der Waals surface area contributed by atoms with E-state index < -0.39 is 0 Å². The molecule has 120 valence electrons. The minimum absolute atomic E-state index is 0.221. The molecular weight excluding hydrogens is 264 g/mol. The Labute approximate surface area is 128 Å². The fourth-order valence-electron chi connectivity index (χ4n) is 4.17. The Balaban J connectivity index is 1.41. The molecule has 0 spiro atoms. The maximum atomic E-state index is 11.8. The van der Waals surface area contributed by atoms with Gasteiger partial charge in [0, 0.05) is 51.9 Å². The Morgan fingerprint density at radius 3 is 2.57 bits per heavy atom. The van der Waals surface area contributed by atoms with Gasteiger partial charge in [-0.05, 0) is 38.6 Å². The van der Waals surface area contributed by atoms with Gasteiger partial charge in [0.25, 0.3) is 0 Å². The summed E-state index contributed by atoms with van der Waals surface area (Å²) in [6.07, 6.45) is 6.46. The molecule has 0 aromatic rings. The molecule has 5 heteroatoms. The van der Waals surface area contributed by atoms with Gasteiger partial charge in [-0.25, -0.2) is 0 Å². The van der Waals surface area contributed by atoms with Crippen LogP contribution in [0, 0.1) is 0 Å².